The van der Waals surface area contributed by atoms with Crippen molar-refractivity contribution in [2.75, 3.05) is 0 Å². The third kappa shape index (κ3) is 13.0. The van der Waals surface area contributed by atoms with Gasteiger partial charge in [-0.1, -0.05) is 255 Å². The highest BCUT2D eigenvalue weighted by atomic mass is 15.1. The van der Waals surface area contributed by atoms with Crippen molar-refractivity contribution in [1.82, 2.24) is 68.9 Å². The molecule has 20 rings (SSSR count). The average Bonchev–Trinajstić information content (AvgIpc) is 1.59. The standard InChI is InChI=1S/2C48H31N7/c1-4-14-32(15-5-1)36-28-42(51-43(29-36)41-27-25-37(31-50-41)55-44-22-12-10-20-38(44)39-21-11-13-23-45(39)55)40-26-24-35(30-49-40)48-53-46(33-16-6-2-7-17-33)52-47(54-48)34-18-8-3-9-19-34;1-4-14-32(15-5-1)36-28-42(51-43(29-36)41-30-37(26-27-49-41)55-44-22-12-10-20-38(44)39-21-11-13-23-45(39)55)40-25-24-35(31-50-40)48-53-46(33-16-6-2-7-17-33)52-47(54-48)34-18-8-3-9-19-34/h2*1-31H. The minimum Gasteiger partial charge on any atom is -0.309 e. The number of benzene rings is 10. The molecule has 516 valence electrons. The summed E-state index contributed by atoms with van der Waals surface area (Å²) in [5.74, 6) is 3.51. The van der Waals surface area contributed by atoms with E-state index in [1.807, 2.05) is 213 Å². The number of nitrogens with zero attached hydrogens (tertiary/aromatic N) is 14. The van der Waals surface area contributed by atoms with E-state index in [0.29, 0.717) is 34.9 Å². The molecule has 0 aliphatic carbocycles. The van der Waals surface area contributed by atoms with Gasteiger partial charge in [-0.2, -0.15) is 0 Å². The molecule has 0 saturated carbocycles. The summed E-state index contributed by atoms with van der Waals surface area (Å²) < 4.78 is 4.57. The third-order valence-corrected chi connectivity index (χ3v) is 19.5. The number of hydrogen-bond acceptors (Lipinski definition) is 12. The maximum absolute atomic E-state index is 5.18. The zero-order valence-electron chi connectivity index (χ0n) is 59.1. The Morgan fingerprint density at radius 2 is 0.445 bits per heavy atom. The van der Waals surface area contributed by atoms with Crippen molar-refractivity contribution in [3.8, 4) is 148 Å². The Bertz CT molecular complexity index is 6500. The van der Waals surface area contributed by atoms with Crippen LogP contribution in [-0.4, -0.2) is 68.9 Å². The summed E-state index contributed by atoms with van der Waals surface area (Å²) in [4.78, 5) is 59.2. The minimum atomic E-state index is 0.546. The summed E-state index contributed by atoms with van der Waals surface area (Å²) in [5.41, 5.74) is 22.0. The van der Waals surface area contributed by atoms with Gasteiger partial charge in [-0.05, 0) is 119 Å². The molecule has 0 aliphatic heterocycles. The van der Waals surface area contributed by atoms with E-state index < -0.39 is 0 Å². The predicted octanol–water partition coefficient (Wildman–Crippen LogP) is 22.3. The number of para-hydroxylation sites is 4. The molecular weight excluding hydrogens is 1350 g/mol. The first-order valence-corrected chi connectivity index (χ1v) is 36.2. The molecule has 10 aromatic carbocycles. The zero-order chi connectivity index (χ0) is 73.1. The first-order valence-electron chi connectivity index (χ1n) is 36.2. The first kappa shape index (κ1) is 65.5. The number of aromatic nitrogens is 14. The normalized spacial score (nSPS) is 11.3. The second-order valence-corrected chi connectivity index (χ2v) is 26.5. The van der Waals surface area contributed by atoms with E-state index in [0.717, 1.165) is 135 Å². The summed E-state index contributed by atoms with van der Waals surface area (Å²) >= 11 is 0. The van der Waals surface area contributed by atoms with Gasteiger partial charge in [0.1, 0.15) is 0 Å². The molecule has 0 saturated heterocycles. The van der Waals surface area contributed by atoms with E-state index in [1.54, 1.807) is 0 Å². The molecule has 0 unspecified atom stereocenters. The smallest absolute Gasteiger partial charge is 0.165 e. The molecule has 0 fully saturated rings. The van der Waals surface area contributed by atoms with Crippen LogP contribution in [0.2, 0.25) is 0 Å². The molecule has 10 aromatic heterocycles. The van der Waals surface area contributed by atoms with Crippen molar-refractivity contribution in [3.05, 3.63) is 377 Å². The number of fused-ring (bicyclic) bond motifs is 6. The molecule has 0 atom stereocenters. The van der Waals surface area contributed by atoms with Gasteiger partial charge in [0.2, 0.25) is 0 Å². The third-order valence-electron chi connectivity index (χ3n) is 19.5. The van der Waals surface area contributed by atoms with Crippen molar-refractivity contribution in [2.24, 2.45) is 0 Å². The van der Waals surface area contributed by atoms with E-state index in [1.165, 1.54) is 21.5 Å². The number of hydrogen-bond donors (Lipinski definition) is 0. The molecular formula is C96H62N14. The fourth-order valence-electron chi connectivity index (χ4n) is 14.2. The van der Waals surface area contributed by atoms with Gasteiger partial charge in [-0.3, -0.25) is 19.9 Å². The lowest BCUT2D eigenvalue weighted by molar-refractivity contribution is 1.07. The minimum absolute atomic E-state index is 0.546. The highest BCUT2D eigenvalue weighted by molar-refractivity contribution is 6.10. The van der Waals surface area contributed by atoms with Crippen molar-refractivity contribution in [1.29, 1.82) is 0 Å². The van der Waals surface area contributed by atoms with Gasteiger partial charge >= 0.3 is 0 Å². The van der Waals surface area contributed by atoms with Gasteiger partial charge in [-0.15, -0.1) is 0 Å². The average molecular weight is 1410 g/mol. The fourth-order valence-corrected chi connectivity index (χ4v) is 14.2. The van der Waals surface area contributed by atoms with Crippen LogP contribution in [0.1, 0.15) is 0 Å². The molecule has 20 aromatic rings. The monoisotopic (exact) mass is 1410 g/mol. The van der Waals surface area contributed by atoms with Gasteiger partial charge in [-0.25, -0.2) is 39.9 Å². The SMILES string of the molecule is c1ccc(-c2cc(-c3ccc(-c4nc(-c5ccccc5)nc(-c5ccccc5)n4)cn3)nc(-c3cc(-n4c5ccccc5c5ccccc54)ccn3)c2)cc1.c1ccc(-c2cc(-c3ccc(-c4nc(-c5ccccc5)nc(-c5ccccc5)n4)cn3)nc(-c3ccc(-n4c5ccccc5c5ccccc54)cn3)c2)cc1. The van der Waals surface area contributed by atoms with Crippen molar-refractivity contribution in [3.63, 3.8) is 0 Å². The highest BCUT2D eigenvalue weighted by Gasteiger charge is 2.21. The van der Waals surface area contributed by atoms with Gasteiger partial charge < -0.3 is 9.13 Å². The molecule has 0 bridgehead atoms. The Morgan fingerprint density at radius 3 is 0.764 bits per heavy atom. The van der Waals surface area contributed by atoms with Crippen molar-refractivity contribution < 1.29 is 0 Å². The van der Waals surface area contributed by atoms with Gasteiger partial charge in [0.15, 0.2) is 34.9 Å². The van der Waals surface area contributed by atoms with E-state index >= 15 is 0 Å². The Labute approximate surface area is 632 Å². The summed E-state index contributed by atoms with van der Waals surface area (Å²) in [6.07, 6.45) is 7.41. The van der Waals surface area contributed by atoms with Crippen LogP contribution in [0.15, 0.2) is 377 Å². The lowest BCUT2D eigenvalue weighted by Crippen LogP contribution is -2.00. The van der Waals surface area contributed by atoms with E-state index in [2.05, 4.69) is 173 Å². The summed E-state index contributed by atoms with van der Waals surface area (Å²) in [6, 6.07) is 119. The molecule has 0 aliphatic rings. The van der Waals surface area contributed by atoms with E-state index in [-0.39, 0.29) is 0 Å². The van der Waals surface area contributed by atoms with Gasteiger partial charge in [0, 0.05) is 79.2 Å². The second kappa shape index (κ2) is 29.0. The van der Waals surface area contributed by atoms with Gasteiger partial charge in [0.25, 0.3) is 0 Å². The zero-order valence-corrected chi connectivity index (χ0v) is 59.1. The highest BCUT2D eigenvalue weighted by Crippen LogP contribution is 2.38. The number of pyridine rings is 6. The summed E-state index contributed by atoms with van der Waals surface area (Å²) in [5, 5.41) is 4.85. The van der Waals surface area contributed by atoms with Crippen LogP contribution in [0.4, 0.5) is 0 Å². The molecule has 0 spiro atoms. The van der Waals surface area contributed by atoms with Crippen molar-refractivity contribution in [2.45, 2.75) is 0 Å². The Hall–Kier alpha value is -15.3. The van der Waals surface area contributed by atoms with Gasteiger partial charge in [0.05, 0.1) is 79.5 Å². The molecule has 10 heterocycles. The van der Waals surface area contributed by atoms with Crippen LogP contribution in [0.3, 0.4) is 0 Å². The van der Waals surface area contributed by atoms with Crippen LogP contribution < -0.4 is 0 Å². The lowest BCUT2D eigenvalue weighted by atomic mass is 10.0. The second-order valence-electron chi connectivity index (χ2n) is 26.5. The van der Waals surface area contributed by atoms with Crippen LogP contribution >= 0.6 is 0 Å². The Morgan fingerprint density at radius 1 is 0.164 bits per heavy atom. The van der Waals surface area contributed by atoms with Crippen LogP contribution in [-0.2, 0) is 0 Å². The first-order chi connectivity index (χ1) is 54.5. The van der Waals surface area contributed by atoms with Crippen LogP contribution in [0.5, 0.6) is 0 Å². The molecule has 110 heavy (non-hydrogen) atoms. The summed E-state index contributed by atoms with van der Waals surface area (Å²) in [6.45, 7) is 0. The lowest BCUT2D eigenvalue weighted by Gasteiger charge is -2.12. The van der Waals surface area contributed by atoms with Crippen LogP contribution in [0.25, 0.3) is 191 Å². The maximum Gasteiger partial charge on any atom is 0.165 e. The largest absolute Gasteiger partial charge is 0.309 e. The van der Waals surface area contributed by atoms with E-state index in [4.69, 9.17) is 59.8 Å². The molecule has 14 nitrogen and oxygen atoms in total. The molecule has 0 radical (unpaired) electrons. The summed E-state index contributed by atoms with van der Waals surface area (Å²) in [7, 11) is 0. The predicted molar refractivity (Wildman–Crippen MR) is 440 cm³/mol. The fraction of sp³-hybridized carbons (Fsp3) is 0. The maximum atomic E-state index is 5.18. The molecule has 14 heteroatoms. The quantitative estimate of drug-likeness (QED) is 0.101. The van der Waals surface area contributed by atoms with Crippen LogP contribution in [0, 0.1) is 0 Å². The van der Waals surface area contributed by atoms with E-state index in [9.17, 15) is 0 Å². The van der Waals surface area contributed by atoms with Crippen molar-refractivity contribution >= 4 is 43.6 Å². The molecule has 0 N–H and O–H groups in total. The Balaban J connectivity index is 0.000000149. The molecule has 0 amide bonds. The topological polar surface area (TPSA) is 165 Å². The Kier molecular flexibility index (Phi) is 17.3. The number of rotatable bonds is 14.